The maximum Gasteiger partial charge on any atom is 0.495 e. The molecule has 0 atom stereocenters. The predicted octanol–water partition coefficient (Wildman–Crippen LogP) is 8.76. The first-order valence-electron chi connectivity index (χ1n) is 9.08. The Kier molecular flexibility index (Phi) is 10.9. The van der Waals surface area contributed by atoms with Gasteiger partial charge in [0, 0.05) is 0 Å². The molecule has 0 bridgehead atoms. The Morgan fingerprint density at radius 1 is 0.196 bits per heavy atom. The summed E-state index contributed by atoms with van der Waals surface area (Å²) in [5, 5.41) is 0. The van der Waals surface area contributed by atoms with E-state index in [1.54, 1.807) is 0 Å². The topological polar surface area (TPSA) is 46.2 Å². The fraction of sp³-hybridized carbons (Fsp3) is 1.00. The van der Waals surface area contributed by atoms with Gasteiger partial charge in [0.05, 0.1) is 0 Å². The zero-order valence-corrected chi connectivity index (χ0v) is 19.1. The SMILES string of the molecule is FC(F)(OC(F)(F)C(F)(F)OC(F)(F)C(F)(F)OC(F)(F)C(F)(F)F)OC(F)(F)C(F)(F)OC(F)(F)C(F)(F)C(F)(F)C(F)(F)F. The third-order valence-corrected chi connectivity index (χ3v) is 3.73. The predicted molar refractivity (Wildman–Crippen MR) is 72.0 cm³/mol. The second kappa shape index (κ2) is 11.5. The second-order valence-electron chi connectivity index (χ2n) is 7.25. The number of alkyl halides is 28. The molecule has 0 saturated carbocycles. The van der Waals surface area contributed by atoms with E-state index in [-0.39, 0.29) is 0 Å². The fourth-order valence-corrected chi connectivity index (χ4v) is 1.64. The van der Waals surface area contributed by atoms with E-state index in [9.17, 15) is 123 Å². The third kappa shape index (κ3) is 8.46. The zero-order chi connectivity index (χ0) is 38.0. The van der Waals surface area contributed by atoms with E-state index in [4.69, 9.17) is 0 Å². The molecule has 0 aliphatic carbocycles. The molecule has 0 amide bonds. The van der Waals surface area contributed by atoms with Crippen LogP contribution in [0.3, 0.4) is 0 Å². The molecule has 33 heteroatoms. The van der Waals surface area contributed by atoms with Gasteiger partial charge in [0.2, 0.25) is 0 Å². The Labute approximate surface area is 227 Å². The van der Waals surface area contributed by atoms with Crippen molar-refractivity contribution in [3.63, 3.8) is 0 Å². The van der Waals surface area contributed by atoms with Crippen molar-refractivity contribution in [2.24, 2.45) is 0 Å². The van der Waals surface area contributed by atoms with Crippen LogP contribution in [0.5, 0.6) is 0 Å². The summed E-state index contributed by atoms with van der Waals surface area (Å²) in [6.07, 6.45) is -87.4. The summed E-state index contributed by atoms with van der Waals surface area (Å²) in [4.78, 5) is 0. The van der Waals surface area contributed by atoms with Gasteiger partial charge in [-0.1, -0.05) is 0 Å². The van der Waals surface area contributed by atoms with Gasteiger partial charge in [0.25, 0.3) is 0 Å². The molecule has 0 spiro atoms. The first-order chi connectivity index (χ1) is 19.3. The molecule has 0 radical (unpaired) electrons. The summed E-state index contributed by atoms with van der Waals surface area (Å²) in [6.45, 7) is 0. The van der Waals surface area contributed by atoms with Gasteiger partial charge >= 0.3 is 79.4 Å². The van der Waals surface area contributed by atoms with Crippen molar-refractivity contribution in [2.75, 3.05) is 0 Å². The van der Waals surface area contributed by atoms with Gasteiger partial charge in [-0.05, 0) is 0 Å². The van der Waals surface area contributed by atoms with E-state index < -0.39 is 79.4 Å². The monoisotopic (exact) mass is 768 g/mol. The standard InChI is InChI=1S/C13F28O5/c14-1(15,3(18,19)20)2(16,17)5(24,25)42-9(32,33)11(36,37)45-13(40,41)46-12(38,39)10(34,35)44-8(30,31)7(28,29)43-6(26,27)4(21,22)23. The van der Waals surface area contributed by atoms with Gasteiger partial charge in [-0.3, -0.25) is 0 Å². The maximum atomic E-state index is 13.2. The van der Waals surface area contributed by atoms with Gasteiger partial charge < -0.3 is 0 Å². The molecule has 0 aliphatic heterocycles. The largest absolute Gasteiger partial charge is 0.495 e. The smallest absolute Gasteiger partial charge is 0.243 e. The van der Waals surface area contributed by atoms with Crippen molar-refractivity contribution in [1.82, 2.24) is 0 Å². The molecule has 0 aromatic carbocycles. The number of halogens is 28. The van der Waals surface area contributed by atoms with E-state index in [0.29, 0.717) is 0 Å². The lowest BCUT2D eigenvalue weighted by molar-refractivity contribution is -0.604. The fourth-order valence-electron chi connectivity index (χ4n) is 1.64. The van der Waals surface area contributed by atoms with E-state index in [0.717, 1.165) is 23.7 Å². The molecule has 0 aromatic rings. The lowest BCUT2D eigenvalue weighted by Crippen LogP contribution is -2.64. The molecule has 0 saturated heterocycles. The highest BCUT2D eigenvalue weighted by Crippen LogP contribution is 2.57. The van der Waals surface area contributed by atoms with Crippen molar-refractivity contribution in [1.29, 1.82) is 0 Å². The Hall–Kier alpha value is -2.16. The highest BCUT2D eigenvalue weighted by Gasteiger charge is 2.85. The molecular weight excluding hydrogens is 768 g/mol. The average Bonchev–Trinajstić information content (AvgIpc) is 2.67. The summed E-state index contributed by atoms with van der Waals surface area (Å²) < 4.78 is 362. The molecule has 278 valence electrons. The van der Waals surface area contributed by atoms with E-state index in [2.05, 4.69) is 0 Å². The summed E-state index contributed by atoms with van der Waals surface area (Å²) in [5.41, 5.74) is 0. The quantitative estimate of drug-likeness (QED) is 0.123. The molecule has 46 heavy (non-hydrogen) atoms. The van der Waals surface area contributed by atoms with Crippen LogP contribution in [0.25, 0.3) is 0 Å². The van der Waals surface area contributed by atoms with Crippen LogP contribution < -0.4 is 0 Å². The minimum absolute atomic E-state index is 0.988. The van der Waals surface area contributed by atoms with E-state index >= 15 is 0 Å². The number of rotatable bonds is 15. The Morgan fingerprint density at radius 2 is 0.413 bits per heavy atom. The van der Waals surface area contributed by atoms with Crippen molar-refractivity contribution in [2.45, 2.75) is 79.4 Å². The van der Waals surface area contributed by atoms with Gasteiger partial charge in [-0.15, -0.1) is 8.78 Å². The molecule has 0 rings (SSSR count). The van der Waals surface area contributed by atoms with Gasteiger partial charge in [0.15, 0.2) is 0 Å². The third-order valence-electron chi connectivity index (χ3n) is 3.73. The first-order valence-corrected chi connectivity index (χ1v) is 9.08. The van der Waals surface area contributed by atoms with Crippen molar-refractivity contribution < 1.29 is 147 Å². The van der Waals surface area contributed by atoms with Crippen LogP contribution in [0.1, 0.15) is 0 Å². The minimum atomic E-state index is -8.41. The Bertz CT molecular complexity index is 1050. The molecule has 0 aliphatic rings. The highest BCUT2D eigenvalue weighted by molar-refractivity contribution is 4.97. The molecule has 0 unspecified atom stereocenters. The lowest BCUT2D eigenvalue weighted by atomic mass is 10.1. The van der Waals surface area contributed by atoms with Gasteiger partial charge in [-0.25, -0.2) is 23.7 Å². The van der Waals surface area contributed by atoms with Crippen LogP contribution in [0.15, 0.2) is 0 Å². The van der Waals surface area contributed by atoms with Crippen molar-refractivity contribution in [3.05, 3.63) is 0 Å². The van der Waals surface area contributed by atoms with Crippen LogP contribution >= 0.6 is 0 Å². The summed E-state index contributed by atoms with van der Waals surface area (Å²) in [7, 11) is 0. The maximum absolute atomic E-state index is 13.2. The molecule has 5 nitrogen and oxygen atoms in total. The number of ether oxygens (including phenoxy) is 5. The Morgan fingerprint density at radius 3 is 0.652 bits per heavy atom. The van der Waals surface area contributed by atoms with Crippen molar-refractivity contribution >= 4 is 0 Å². The molecule has 0 fully saturated rings. The molecular formula is C13F28O5. The van der Waals surface area contributed by atoms with Crippen molar-refractivity contribution in [3.8, 4) is 0 Å². The zero-order valence-electron chi connectivity index (χ0n) is 19.1. The van der Waals surface area contributed by atoms with Gasteiger partial charge in [-0.2, -0.15) is 114 Å². The summed E-state index contributed by atoms with van der Waals surface area (Å²) >= 11 is 0. The Balaban J connectivity index is 6.23. The molecule has 0 heterocycles. The molecule has 0 N–H and O–H groups in total. The van der Waals surface area contributed by atoms with Crippen LogP contribution in [-0.4, -0.2) is 79.4 Å². The lowest BCUT2D eigenvalue weighted by Gasteiger charge is -2.37. The summed E-state index contributed by atoms with van der Waals surface area (Å²) in [5.74, 6) is -16.6. The van der Waals surface area contributed by atoms with Gasteiger partial charge in [0.1, 0.15) is 0 Å². The van der Waals surface area contributed by atoms with Crippen LogP contribution in [0.4, 0.5) is 123 Å². The first kappa shape index (κ1) is 43.8. The molecule has 0 aromatic heterocycles. The minimum Gasteiger partial charge on any atom is -0.243 e. The average molecular weight is 768 g/mol. The normalized spacial score (nSPS) is 16.7. The van der Waals surface area contributed by atoms with E-state index in [1.807, 2.05) is 0 Å². The van der Waals surface area contributed by atoms with Crippen LogP contribution in [-0.2, 0) is 23.7 Å². The summed E-state index contributed by atoms with van der Waals surface area (Å²) in [6, 6.07) is 0. The number of hydrogen-bond acceptors (Lipinski definition) is 5. The van der Waals surface area contributed by atoms with E-state index in [1.165, 1.54) is 0 Å². The van der Waals surface area contributed by atoms with Crippen LogP contribution in [0, 0.1) is 0 Å². The highest BCUT2D eigenvalue weighted by atomic mass is 19.4. The van der Waals surface area contributed by atoms with Crippen LogP contribution in [0.2, 0.25) is 0 Å². The second-order valence-corrected chi connectivity index (χ2v) is 7.25. The number of hydrogen-bond donors (Lipinski definition) is 0.